The van der Waals surface area contributed by atoms with Crippen molar-refractivity contribution in [3.8, 4) is 0 Å². The van der Waals surface area contributed by atoms with Gasteiger partial charge in [-0.25, -0.2) is 4.79 Å². The maximum atomic E-state index is 12.4. The van der Waals surface area contributed by atoms with Crippen molar-refractivity contribution >= 4 is 51.6 Å². The fraction of sp³-hybridized carbons (Fsp3) is 0.105. The zero-order chi connectivity index (χ0) is 20.4. The lowest BCUT2D eigenvalue weighted by Crippen LogP contribution is -2.31. The molecule has 3 aromatic rings. The number of fused-ring (bicyclic) bond motifs is 1. The van der Waals surface area contributed by atoms with E-state index in [1.54, 1.807) is 48.5 Å². The molecule has 4 rings (SSSR count). The third-order valence-electron chi connectivity index (χ3n) is 4.20. The summed E-state index contributed by atoms with van der Waals surface area (Å²) in [6.07, 6.45) is 0.348. The van der Waals surface area contributed by atoms with Crippen LogP contribution in [0.25, 0.3) is 0 Å². The number of rotatable bonds is 5. The number of nitrogens with one attached hydrogen (secondary N) is 2. The molecule has 1 aliphatic rings. The maximum absolute atomic E-state index is 12.4. The van der Waals surface area contributed by atoms with E-state index >= 15 is 0 Å². The van der Waals surface area contributed by atoms with Gasteiger partial charge in [-0.1, -0.05) is 41.1 Å². The van der Waals surface area contributed by atoms with Crippen LogP contribution in [0.1, 0.15) is 25.7 Å². The van der Waals surface area contributed by atoms with Crippen molar-refractivity contribution in [1.82, 2.24) is 15.1 Å². The second kappa shape index (κ2) is 7.98. The van der Waals surface area contributed by atoms with E-state index in [1.165, 1.54) is 16.2 Å². The zero-order valence-corrected chi connectivity index (χ0v) is 16.5. The molecule has 0 bridgehead atoms. The minimum atomic E-state index is -0.477. The summed E-state index contributed by atoms with van der Waals surface area (Å²) in [5, 5.41) is 14.6. The average molecular weight is 428 g/mol. The van der Waals surface area contributed by atoms with Crippen molar-refractivity contribution in [1.29, 1.82) is 0 Å². The predicted octanol–water partition coefficient (Wildman–Crippen LogP) is 3.67. The number of carbonyl (C=O) groups is 3. The lowest BCUT2D eigenvalue weighted by molar-refractivity contribution is 0.0656. The van der Waals surface area contributed by atoms with Crippen LogP contribution >= 0.6 is 22.9 Å². The number of hydrogen-bond acceptors (Lipinski definition) is 6. The second-order valence-electron chi connectivity index (χ2n) is 6.15. The highest BCUT2D eigenvalue weighted by molar-refractivity contribution is 7.15. The molecule has 4 amide bonds. The predicted molar refractivity (Wildman–Crippen MR) is 110 cm³/mol. The van der Waals surface area contributed by atoms with Crippen LogP contribution in [0.3, 0.4) is 0 Å². The number of halogens is 1. The summed E-state index contributed by atoms with van der Waals surface area (Å²) in [5.41, 5.74) is 1.37. The third kappa shape index (κ3) is 4.10. The molecule has 8 nitrogen and oxygen atoms in total. The minimum absolute atomic E-state index is 0.190. The Hall–Kier alpha value is -3.30. The number of urea groups is 1. The van der Waals surface area contributed by atoms with Crippen molar-refractivity contribution in [2.24, 2.45) is 0 Å². The van der Waals surface area contributed by atoms with E-state index in [0.717, 1.165) is 0 Å². The number of amides is 4. The summed E-state index contributed by atoms with van der Waals surface area (Å²) in [6, 6.07) is 13.0. The van der Waals surface area contributed by atoms with Crippen LogP contribution in [-0.4, -0.2) is 39.5 Å². The largest absolute Gasteiger partial charge is 0.325 e. The molecule has 1 aliphatic heterocycles. The van der Waals surface area contributed by atoms with Crippen molar-refractivity contribution in [2.75, 3.05) is 17.2 Å². The van der Waals surface area contributed by atoms with Gasteiger partial charge in [0, 0.05) is 23.7 Å². The number of carbonyl (C=O) groups excluding carboxylic acids is 3. The van der Waals surface area contributed by atoms with Gasteiger partial charge in [-0.3, -0.25) is 19.8 Å². The first-order chi connectivity index (χ1) is 14.0. The highest BCUT2D eigenvalue weighted by atomic mass is 35.5. The van der Waals surface area contributed by atoms with E-state index in [4.69, 9.17) is 11.6 Å². The summed E-state index contributed by atoms with van der Waals surface area (Å²) in [7, 11) is 0. The number of anilines is 2. The number of nitrogens with zero attached hydrogens (tertiary/aromatic N) is 3. The number of benzene rings is 2. The average Bonchev–Trinajstić information content (AvgIpc) is 3.23. The van der Waals surface area contributed by atoms with E-state index in [9.17, 15) is 14.4 Å². The summed E-state index contributed by atoms with van der Waals surface area (Å²) < 4.78 is 0. The first kappa shape index (κ1) is 19.0. The van der Waals surface area contributed by atoms with Gasteiger partial charge in [0.1, 0.15) is 5.01 Å². The van der Waals surface area contributed by atoms with Crippen LogP contribution in [0.5, 0.6) is 0 Å². The Morgan fingerprint density at radius 3 is 2.41 bits per heavy atom. The Kier molecular flexibility index (Phi) is 5.24. The SMILES string of the molecule is O=C(Nc1cccc(Cl)c1)Nc1nnc(CCN2C(=O)c3ccccc3C2=O)s1. The van der Waals surface area contributed by atoms with Crippen LogP contribution in [-0.2, 0) is 6.42 Å². The first-order valence-corrected chi connectivity index (χ1v) is 9.82. The molecule has 2 N–H and O–H groups in total. The lowest BCUT2D eigenvalue weighted by Gasteiger charge is -2.12. The topological polar surface area (TPSA) is 104 Å². The van der Waals surface area contributed by atoms with Gasteiger partial charge in [0.05, 0.1) is 11.1 Å². The van der Waals surface area contributed by atoms with Crippen molar-refractivity contribution in [3.05, 3.63) is 69.7 Å². The van der Waals surface area contributed by atoms with E-state index in [-0.39, 0.29) is 18.4 Å². The van der Waals surface area contributed by atoms with Crippen LogP contribution in [0.4, 0.5) is 15.6 Å². The molecule has 1 aromatic heterocycles. The summed E-state index contributed by atoms with van der Waals surface area (Å²) in [4.78, 5) is 38.0. The first-order valence-electron chi connectivity index (χ1n) is 8.62. The summed E-state index contributed by atoms with van der Waals surface area (Å²) in [5.74, 6) is -0.622. The van der Waals surface area contributed by atoms with Gasteiger partial charge in [0.25, 0.3) is 11.8 Å². The Balaban J connectivity index is 1.34. The molecule has 0 spiro atoms. The van der Waals surface area contributed by atoms with Gasteiger partial charge >= 0.3 is 6.03 Å². The quantitative estimate of drug-likeness (QED) is 0.604. The lowest BCUT2D eigenvalue weighted by atomic mass is 10.1. The molecular formula is C19H14ClN5O3S. The smallest absolute Gasteiger partial charge is 0.308 e. The van der Waals surface area contributed by atoms with Crippen LogP contribution in [0.15, 0.2) is 48.5 Å². The van der Waals surface area contributed by atoms with Gasteiger partial charge in [-0.15, -0.1) is 10.2 Å². The van der Waals surface area contributed by atoms with Gasteiger partial charge in [-0.05, 0) is 30.3 Å². The van der Waals surface area contributed by atoms with E-state index in [1.807, 2.05) is 0 Å². The fourth-order valence-electron chi connectivity index (χ4n) is 2.88. The highest BCUT2D eigenvalue weighted by Gasteiger charge is 2.34. The van der Waals surface area contributed by atoms with Gasteiger partial charge in [0.2, 0.25) is 5.13 Å². The van der Waals surface area contributed by atoms with Crippen molar-refractivity contribution < 1.29 is 14.4 Å². The Morgan fingerprint density at radius 2 is 1.72 bits per heavy atom. The molecule has 0 saturated heterocycles. The van der Waals surface area contributed by atoms with Crippen LogP contribution < -0.4 is 10.6 Å². The number of aromatic nitrogens is 2. The van der Waals surface area contributed by atoms with E-state index in [0.29, 0.717) is 38.4 Å². The molecule has 29 heavy (non-hydrogen) atoms. The standard InChI is InChI=1S/C19H14ClN5O3S/c20-11-4-3-5-12(10-11)21-18(28)22-19-24-23-15(29-19)8-9-25-16(26)13-6-1-2-7-14(13)17(25)27/h1-7,10H,8-9H2,(H2,21,22,24,28). The molecule has 2 aromatic carbocycles. The Labute approximate surface area is 174 Å². The van der Waals surface area contributed by atoms with Crippen LogP contribution in [0, 0.1) is 0 Å². The monoisotopic (exact) mass is 427 g/mol. The minimum Gasteiger partial charge on any atom is -0.308 e. The molecule has 2 heterocycles. The third-order valence-corrected chi connectivity index (χ3v) is 5.33. The van der Waals surface area contributed by atoms with E-state index < -0.39 is 6.03 Å². The number of hydrogen-bond donors (Lipinski definition) is 2. The molecule has 0 saturated carbocycles. The fourth-order valence-corrected chi connectivity index (χ4v) is 3.79. The van der Waals surface area contributed by atoms with Gasteiger partial charge in [-0.2, -0.15) is 0 Å². The highest BCUT2D eigenvalue weighted by Crippen LogP contribution is 2.23. The molecule has 146 valence electrons. The molecule has 0 fully saturated rings. The molecule has 10 heteroatoms. The zero-order valence-electron chi connectivity index (χ0n) is 14.9. The molecule has 0 unspecified atom stereocenters. The van der Waals surface area contributed by atoms with Crippen LogP contribution in [0.2, 0.25) is 5.02 Å². The van der Waals surface area contributed by atoms with Gasteiger partial charge in [0.15, 0.2) is 0 Å². The Morgan fingerprint density at radius 1 is 1.00 bits per heavy atom. The second-order valence-corrected chi connectivity index (χ2v) is 7.65. The Bertz CT molecular complexity index is 1080. The number of imide groups is 1. The molecule has 0 aliphatic carbocycles. The maximum Gasteiger partial charge on any atom is 0.325 e. The molecule has 0 radical (unpaired) electrons. The van der Waals surface area contributed by atoms with E-state index in [2.05, 4.69) is 20.8 Å². The molecular weight excluding hydrogens is 414 g/mol. The van der Waals surface area contributed by atoms with Crippen molar-refractivity contribution in [2.45, 2.75) is 6.42 Å². The normalized spacial score (nSPS) is 12.8. The summed E-state index contributed by atoms with van der Waals surface area (Å²) in [6.45, 7) is 0.190. The summed E-state index contributed by atoms with van der Waals surface area (Å²) >= 11 is 7.06. The van der Waals surface area contributed by atoms with Crippen molar-refractivity contribution in [3.63, 3.8) is 0 Å². The van der Waals surface area contributed by atoms with Gasteiger partial charge < -0.3 is 5.32 Å². The molecule has 0 atom stereocenters.